The molecule has 98 valence electrons. The molecule has 0 aliphatic rings. The number of nitrogens with one attached hydrogen (secondary N) is 1. The van der Waals surface area contributed by atoms with Crippen LogP contribution >= 0.6 is 0 Å². The predicted molar refractivity (Wildman–Crippen MR) is 69.8 cm³/mol. The summed E-state index contributed by atoms with van der Waals surface area (Å²) in [6, 6.07) is 2.45. The first-order valence-corrected chi connectivity index (χ1v) is 6.37. The Morgan fingerprint density at radius 1 is 1.41 bits per heavy atom. The molecule has 0 unspecified atom stereocenters. The fraction of sp³-hybridized carbons (Fsp3) is 0.714. The summed E-state index contributed by atoms with van der Waals surface area (Å²) in [7, 11) is 0. The van der Waals surface area contributed by atoms with E-state index in [4.69, 9.17) is 9.15 Å². The molecule has 17 heavy (non-hydrogen) atoms. The quantitative estimate of drug-likeness (QED) is 0.791. The molecular formula is C14H25NO2. The standard InChI is InChI=1S/C14H25NO2/c1-6-14(4,5)17-10-12-7-8-16-13(12)9-15-11(2)3/h7-8,11,15H,6,9-10H2,1-5H3. The van der Waals surface area contributed by atoms with Crippen molar-refractivity contribution in [3.8, 4) is 0 Å². The lowest BCUT2D eigenvalue weighted by molar-refractivity contribution is -0.0321. The van der Waals surface area contributed by atoms with E-state index in [1.165, 1.54) is 0 Å². The van der Waals surface area contributed by atoms with Gasteiger partial charge in [0, 0.05) is 11.6 Å². The van der Waals surface area contributed by atoms with Crippen LogP contribution in [0.15, 0.2) is 16.7 Å². The Kier molecular flexibility index (Phi) is 5.22. The lowest BCUT2D eigenvalue weighted by Gasteiger charge is -2.23. The smallest absolute Gasteiger partial charge is 0.123 e. The van der Waals surface area contributed by atoms with Crippen LogP contribution in [-0.4, -0.2) is 11.6 Å². The van der Waals surface area contributed by atoms with Crippen LogP contribution in [0.25, 0.3) is 0 Å². The van der Waals surface area contributed by atoms with Crippen LogP contribution in [0.1, 0.15) is 52.4 Å². The Hall–Kier alpha value is -0.800. The highest BCUT2D eigenvalue weighted by Gasteiger charge is 2.17. The lowest BCUT2D eigenvalue weighted by Crippen LogP contribution is -2.24. The summed E-state index contributed by atoms with van der Waals surface area (Å²) >= 11 is 0. The third kappa shape index (κ3) is 4.92. The third-order valence-corrected chi connectivity index (χ3v) is 2.98. The highest BCUT2D eigenvalue weighted by molar-refractivity contribution is 5.16. The zero-order valence-corrected chi connectivity index (χ0v) is 11.7. The van der Waals surface area contributed by atoms with Crippen LogP contribution < -0.4 is 5.32 Å². The number of ether oxygens (including phenoxy) is 1. The minimum Gasteiger partial charge on any atom is -0.468 e. The Morgan fingerprint density at radius 2 is 2.12 bits per heavy atom. The van der Waals surface area contributed by atoms with Gasteiger partial charge in [-0.05, 0) is 26.3 Å². The monoisotopic (exact) mass is 239 g/mol. The zero-order chi connectivity index (χ0) is 12.9. The molecule has 0 radical (unpaired) electrons. The second-order valence-corrected chi connectivity index (χ2v) is 5.31. The molecule has 0 fully saturated rings. The van der Waals surface area contributed by atoms with Gasteiger partial charge in [0.2, 0.25) is 0 Å². The van der Waals surface area contributed by atoms with E-state index in [1.807, 2.05) is 6.07 Å². The summed E-state index contributed by atoms with van der Waals surface area (Å²) in [5, 5.41) is 3.35. The molecule has 0 aliphatic heterocycles. The molecule has 3 nitrogen and oxygen atoms in total. The second kappa shape index (κ2) is 6.22. The molecule has 0 aromatic carbocycles. The van der Waals surface area contributed by atoms with Crippen molar-refractivity contribution in [2.75, 3.05) is 0 Å². The van der Waals surface area contributed by atoms with Crippen LogP contribution in [0.5, 0.6) is 0 Å². The zero-order valence-electron chi connectivity index (χ0n) is 11.7. The number of hydrogen-bond acceptors (Lipinski definition) is 3. The largest absolute Gasteiger partial charge is 0.468 e. The Morgan fingerprint density at radius 3 is 2.71 bits per heavy atom. The van der Waals surface area contributed by atoms with E-state index < -0.39 is 0 Å². The average molecular weight is 239 g/mol. The molecular weight excluding hydrogens is 214 g/mol. The van der Waals surface area contributed by atoms with Crippen molar-refractivity contribution in [3.05, 3.63) is 23.7 Å². The van der Waals surface area contributed by atoms with Crippen molar-refractivity contribution < 1.29 is 9.15 Å². The van der Waals surface area contributed by atoms with Gasteiger partial charge in [0.1, 0.15) is 5.76 Å². The Balaban J connectivity index is 2.51. The molecule has 3 heteroatoms. The van der Waals surface area contributed by atoms with Gasteiger partial charge in [-0.1, -0.05) is 20.8 Å². The number of rotatable bonds is 7. The van der Waals surface area contributed by atoms with Crippen molar-refractivity contribution in [3.63, 3.8) is 0 Å². The minimum absolute atomic E-state index is 0.0694. The first-order chi connectivity index (χ1) is 7.94. The lowest BCUT2D eigenvalue weighted by atomic mass is 10.1. The molecule has 0 amide bonds. The maximum absolute atomic E-state index is 5.88. The normalized spacial score (nSPS) is 12.4. The molecule has 0 atom stereocenters. The van der Waals surface area contributed by atoms with Crippen LogP contribution in [0, 0.1) is 0 Å². The highest BCUT2D eigenvalue weighted by atomic mass is 16.5. The third-order valence-electron chi connectivity index (χ3n) is 2.98. The second-order valence-electron chi connectivity index (χ2n) is 5.31. The van der Waals surface area contributed by atoms with E-state index >= 15 is 0 Å². The Bertz CT molecular complexity index is 329. The van der Waals surface area contributed by atoms with Crippen LogP contribution in [-0.2, 0) is 17.9 Å². The van der Waals surface area contributed by atoms with Gasteiger partial charge in [-0.3, -0.25) is 0 Å². The summed E-state index contributed by atoms with van der Waals surface area (Å²) in [4.78, 5) is 0. The maximum atomic E-state index is 5.88. The number of hydrogen-bond donors (Lipinski definition) is 1. The fourth-order valence-corrected chi connectivity index (χ4v) is 1.32. The van der Waals surface area contributed by atoms with Crippen molar-refractivity contribution in [1.29, 1.82) is 0 Å². The molecule has 1 heterocycles. The molecule has 1 aromatic rings. The van der Waals surface area contributed by atoms with Crippen LogP contribution in [0.4, 0.5) is 0 Å². The SMILES string of the molecule is CCC(C)(C)OCc1ccoc1CNC(C)C. The molecule has 0 spiro atoms. The molecule has 0 saturated carbocycles. The van der Waals surface area contributed by atoms with Crippen molar-refractivity contribution in [1.82, 2.24) is 5.32 Å². The topological polar surface area (TPSA) is 34.4 Å². The van der Waals surface area contributed by atoms with E-state index in [-0.39, 0.29) is 5.60 Å². The van der Waals surface area contributed by atoms with Crippen LogP contribution in [0.3, 0.4) is 0 Å². The van der Waals surface area contributed by atoms with Gasteiger partial charge in [-0.25, -0.2) is 0 Å². The predicted octanol–water partition coefficient (Wildman–Crippen LogP) is 3.48. The summed E-state index contributed by atoms with van der Waals surface area (Å²) < 4.78 is 11.4. The molecule has 1 aromatic heterocycles. The van der Waals surface area contributed by atoms with Crippen molar-refractivity contribution in [2.24, 2.45) is 0 Å². The molecule has 1 N–H and O–H groups in total. The first kappa shape index (κ1) is 14.3. The van der Waals surface area contributed by atoms with Gasteiger partial charge in [0.15, 0.2) is 0 Å². The molecule has 0 saturated heterocycles. The summed E-state index contributed by atoms with van der Waals surface area (Å²) in [5.74, 6) is 0.977. The molecule has 0 aliphatic carbocycles. The van der Waals surface area contributed by atoms with E-state index in [0.29, 0.717) is 12.6 Å². The average Bonchev–Trinajstić information content (AvgIpc) is 2.71. The van der Waals surface area contributed by atoms with Gasteiger partial charge in [-0.2, -0.15) is 0 Å². The summed E-state index contributed by atoms with van der Waals surface area (Å²) in [6.07, 6.45) is 2.74. The van der Waals surface area contributed by atoms with Gasteiger partial charge < -0.3 is 14.5 Å². The fourth-order valence-electron chi connectivity index (χ4n) is 1.32. The van der Waals surface area contributed by atoms with Crippen LogP contribution in [0.2, 0.25) is 0 Å². The molecule has 1 rings (SSSR count). The van der Waals surface area contributed by atoms with E-state index in [1.54, 1.807) is 6.26 Å². The van der Waals surface area contributed by atoms with Gasteiger partial charge in [0.25, 0.3) is 0 Å². The number of furan rings is 1. The summed E-state index contributed by atoms with van der Waals surface area (Å²) in [5.41, 5.74) is 1.07. The minimum atomic E-state index is -0.0694. The first-order valence-electron chi connectivity index (χ1n) is 6.37. The summed E-state index contributed by atoms with van der Waals surface area (Å²) in [6.45, 7) is 12.0. The highest BCUT2D eigenvalue weighted by Crippen LogP contribution is 2.19. The maximum Gasteiger partial charge on any atom is 0.123 e. The van der Waals surface area contributed by atoms with E-state index in [0.717, 1.165) is 24.3 Å². The Labute approximate surface area is 105 Å². The van der Waals surface area contributed by atoms with E-state index in [2.05, 4.69) is 39.9 Å². The van der Waals surface area contributed by atoms with Gasteiger partial charge >= 0.3 is 0 Å². The van der Waals surface area contributed by atoms with Gasteiger partial charge in [0.05, 0.1) is 25.0 Å². The van der Waals surface area contributed by atoms with Gasteiger partial charge in [-0.15, -0.1) is 0 Å². The van der Waals surface area contributed by atoms with Crippen molar-refractivity contribution >= 4 is 0 Å². The van der Waals surface area contributed by atoms with E-state index in [9.17, 15) is 0 Å². The molecule has 0 bridgehead atoms. The van der Waals surface area contributed by atoms with Crippen molar-refractivity contribution in [2.45, 2.75) is 65.8 Å².